The molecule has 1 unspecified atom stereocenters. The first-order valence-corrected chi connectivity index (χ1v) is 7.62. The zero-order chi connectivity index (χ0) is 13.8. The van der Waals surface area contributed by atoms with E-state index in [9.17, 15) is 0 Å². The molecule has 0 radical (unpaired) electrons. The predicted octanol–water partition coefficient (Wildman–Crippen LogP) is 2.78. The van der Waals surface area contributed by atoms with Crippen LogP contribution in [0, 0.1) is 13.8 Å². The van der Waals surface area contributed by atoms with Crippen molar-refractivity contribution in [1.29, 1.82) is 0 Å². The fourth-order valence-electron chi connectivity index (χ4n) is 2.29. The van der Waals surface area contributed by atoms with Gasteiger partial charge in [0.15, 0.2) is 0 Å². The molecule has 0 spiro atoms. The summed E-state index contributed by atoms with van der Waals surface area (Å²) in [6.45, 7) is 7.34. The van der Waals surface area contributed by atoms with E-state index < -0.39 is 0 Å². The van der Waals surface area contributed by atoms with Crippen LogP contribution in [0.25, 0.3) is 0 Å². The van der Waals surface area contributed by atoms with E-state index in [1.807, 2.05) is 24.2 Å². The van der Waals surface area contributed by atoms with Crippen LogP contribution in [0.15, 0.2) is 11.6 Å². The van der Waals surface area contributed by atoms with Crippen molar-refractivity contribution in [3.05, 3.63) is 33.5 Å². The van der Waals surface area contributed by atoms with E-state index in [1.54, 1.807) is 11.3 Å². The maximum Gasteiger partial charge on any atom is 0.0798 e. The van der Waals surface area contributed by atoms with E-state index in [0.29, 0.717) is 6.04 Å². The summed E-state index contributed by atoms with van der Waals surface area (Å²) >= 11 is 1.74. The summed E-state index contributed by atoms with van der Waals surface area (Å²) in [6.07, 6.45) is 2.10. The molecule has 0 saturated carbocycles. The van der Waals surface area contributed by atoms with Crippen molar-refractivity contribution in [2.75, 3.05) is 6.54 Å². The lowest BCUT2D eigenvalue weighted by atomic mass is 10.1. The standard InChI is InChI=1S/C14H22N4S/c1-5-6-15-13(14-11(3)16-9-19-14)8-12-7-10(2)17-18(12)4/h7,9,13,15H,5-6,8H2,1-4H3. The smallest absolute Gasteiger partial charge is 0.0798 e. The van der Waals surface area contributed by atoms with Gasteiger partial charge in [0.05, 0.1) is 16.9 Å². The number of hydrogen-bond donors (Lipinski definition) is 1. The molecule has 5 heteroatoms. The van der Waals surface area contributed by atoms with Gasteiger partial charge in [-0.3, -0.25) is 4.68 Å². The third-order valence-corrected chi connectivity index (χ3v) is 4.30. The molecule has 104 valence electrons. The van der Waals surface area contributed by atoms with Crippen molar-refractivity contribution in [2.24, 2.45) is 7.05 Å². The van der Waals surface area contributed by atoms with Crippen LogP contribution < -0.4 is 5.32 Å². The first kappa shape index (κ1) is 14.2. The Hall–Kier alpha value is -1.20. The predicted molar refractivity (Wildman–Crippen MR) is 79.5 cm³/mol. The van der Waals surface area contributed by atoms with Gasteiger partial charge in [-0.1, -0.05) is 6.92 Å². The number of thiazole rings is 1. The third kappa shape index (κ3) is 3.42. The van der Waals surface area contributed by atoms with Crippen LogP contribution in [-0.4, -0.2) is 21.3 Å². The van der Waals surface area contributed by atoms with Crippen LogP contribution in [-0.2, 0) is 13.5 Å². The van der Waals surface area contributed by atoms with Crippen molar-refractivity contribution < 1.29 is 0 Å². The fourth-order valence-corrected chi connectivity index (χ4v) is 3.16. The molecule has 1 atom stereocenters. The van der Waals surface area contributed by atoms with Crippen molar-refractivity contribution in [2.45, 2.75) is 39.7 Å². The molecule has 19 heavy (non-hydrogen) atoms. The second-order valence-corrected chi connectivity index (χ2v) is 5.80. The number of aryl methyl sites for hydroxylation is 3. The molecule has 1 N–H and O–H groups in total. The normalized spacial score (nSPS) is 12.8. The summed E-state index contributed by atoms with van der Waals surface area (Å²) in [5.74, 6) is 0. The zero-order valence-electron chi connectivity index (χ0n) is 12.1. The lowest BCUT2D eigenvalue weighted by molar-refractivity contribution is 0.516. The minimum Gasteiger partial charge on any atom is -0.309 e. The average Bonchev–Trinajstić information content (AvgIpc) is 2.91. The molecule has 0 bridgehead atoms. The molecule has 0 fully saturated rings. The summed E-state index contributed by atoms with van der Waals surface area (Å²) < 4.78 is 1.98. The van der Waals surface area contributed by atoms with Gasteiger partial charge in [0.2, 0.25) is 0 Å². The molecule has 0 amide bonds. The van der Waals surface area contributed by atoms with E-state index in [-0.39, 0.29) is 0 Å². The molecular formula is C14H22N4S. The Morgan fingerprint density at radius 2 is 2.21 bits per heavy atom. The summed E-state index contributed by atoms with van der Waals surface area (Å²) in [5.41, 5.74) is 5.41. The second-order valence-electron chi connectivity index (χ2n) is 4.91. The van der Waals surface area contributed by atoms with E-state index in [2.05, 4.69) is 35.3 Å². The van der Waals surface area contributed by atoms with Gasteiger partial charge in [-0.2, -0.15) is 5.10 Å². The van der Waals surface area contributed by atoms with Crippen LogP contribution >= 0.6 is 11.3 Å². The second kappa shape index (κ2) is 6.30. The Morgan fingerprint density at radius 3 is 2.74 bits per heavy atom. The Labute approximate surface area is 118 Å². The number of rotatable bonds is 6. The zero-order valence-corrected chi connectivity index (χ0v) is 12.9. The molecule has 2 aromatic heterocycles. The Morgan fingerprint density at radius 1 is 1.42 bits per heavy atom. The molecule has 0 aliphatic heterocycles. The summed E-state index contributed by atoms with van der Waals surface area (Å²) in [4.78, 5) is 5.71. The van der Waals surface area contributed by atoms with Crippen LogP contribution in [0.5, 0.6) is 0 Å². The van der Waals surface area contributed by atoms with Gasteiger partial charge in [-0.25, -0.2) is 4.98 Å². The van der Waals surface area contributed by atoms with Gasteiger partial charge in [0, 0.05) is 30.1 Å². The monoisotopic (exact) mass is 278 g/mol. The Balaban J connectivity index is 2.19. The number of aromatic nitrogens is 3. The van der Waals surface area contributed by atoms with Crippen LogP contribution in [0.1, 0.15) is 41.3 Å². The SMILES string of the molecule is CCCNC(Cc1cc(C)nn1C)c1scnc1C. The van der Waals surface area contributed by atoms with Gasteiger partial charge < -0.3 is 5.32 Å². The van der Waals surface area contributed by atoms with Crippen molar-refractivity contribution in [3.63, 3.8) is 0 Å². The van der Waals surface area contributed by atoms with Crippen LogP contribution in [0.2, 0.25) is 0 Å². The Kier molecular flexibility index (Phi) is 4.71. The van der Waals surface area contributed by atoms with Gasteiger partial charge in [0.1, 0.15) is 0 Å². The minimum absolute atomic E-state index is 0.335. The van der Waals surface area contributed by atoms with Gasteiger partial charge in [-0.15, -0.1) is 11.3 Å². The summed E-state index contributed by atoms with van der Waals surface area (Å²) in [5, 5.41) is 8.05. The first-order valence-electron chi connectivity index (χ1n) is 6.74. The topological polar surface area (TPSA) is 42.7 Å². The number of hydrogen-bond acceptors (Lipinski definition) is 4. The lowest BCUT2D eigenvalue weighted by Crippen LogP contribution is -2.24. The first-order chi connectivity index (χ1) is 9.11. The molecule has 0 aliphatic carbocycles. The number of nitrogens with zero attached hydrogens (tertiary/aromatic N) is 3. The average molecular weight is 278 g/mol. The highest BCUT2D eigenvalue weighted by Gasteiger charge is 2.18. The molecule has 2 rings (SSSR count). The largest absolute Gasteiger partial charge is 0.309 e. The Bertz CT molecular complexity index is 529. The molecule has 0 aromatic carbocycles. The third-order valence-electron chi connectivity index (χ3n) is 3.25. The quantitative estimate of drug-likeness (QED) is 0.883. The summed E-state index contributed by atoms with van der Waals surface area (Å²) in [7, 11) is 2.01. The molecule has 0 aliphatic rings. The fraction of sp³-hybridized carbons (Fsp3) is 0.571. The van der Waals surface area contributed by atoms with E-state index in [4.69, 9.17) is 0 Å². The minimum atomic E-state index is 0.335. The van der Waals surface area contributed by atoms with Gasteiger partial charge in [0.25, 0.3) is 0 Å². The van der Waals surface area contributed by atoms with Crippen LogP contribution in [0.3, 0.4) is 0 Å². The lowest BCUT2D eigenvalue weighted by Gasteiger charge is -2.17. The van der Waals surface area contributed by atoms with Crippen LogP contribution in [0.4, 0.5) is 0 Å². The molecular weight excluding hydrogens is 256 g/mol. The molecule has 2 aromatic rings. The van der Waals surface area contributed by atoms with E-state index in [1.165, 1.54) is 10.6 Å². The van der Waals surface area contributed by atoms with E-state index >= 15 is 0 Å². The van der Waals surface area contributed by atoms with Gasteiger partial charge >= 0.3 is 0 Å². The van der Waals surface area contributed by atoms with Gasteiger partial charge in [-0.05, 0) is 32.9 Å². The van der Waals surface area contributed by atoms with E-state index in [0.717, 1.165) is 30.8 Å². The highest BCUT2D eigenvalue weighted by Crippen LogP contribution is 2.25. The maximum absolute atomic E-state index is 4.42. The molecule has 0 saturated heterocycles. The van der Waals surface area contributed by atoms with Crippen molar-refractivity contribution in [1.82, 2.24) is 20.1 Å². The molecule has 4 nitrogen and oxygen atoms in total. The molecule has 2 heterocycles. The summed E-state index contributed by atoms with van der Waals surface area (Å²) in [6, 6.07) is 2.50. The highest BCUT2D eigenvalue weighted by atomic mass is 32.1. The maximum atomic E-state index is 4.42. The number of nitrogens with one attached hydrogen (secondary N) is 1. The highest BCUT2D eigenvalue weighted by molar-refractivity contribution is 7.09. The van der Waals surface area contributed by atoms with Crippen molar-refractivity contribution >= 4 is 11.3 Å². The van der Waals surface area contributed by atoms with Crippen molar-refractivity contribution in [3.8, 4) is 0 Å².